The van der Waals surface area contributed by atoms with E-state index in [1.807, 2.05) is 23.5 Å². The Hall–Kier alpha value is -1.13. The van der Waals surface area contributed by atoms with Crippen LogP contribution in [0, 0.1) is 0 Å². The number of guanidine groups is 1. The minimum Gasteiger partial charge on any atom is -0.469 e. The van der Waals surface area contributed by atoms with Crippen molar-refractivity contribution < 1.29 is 9.15 Å². The van der Waals surface area contributed by atoms with Crippen molar-refractivity contribution in [2.24, 2.45) is 4.99 Å². The second-order valence-electron chi connectivity index (χ2n) is 7.80. The molecule has 1 aliphatic heterocycles. The van der Waals surface area contributed by atoms with Crippen molar-refractivity contribution >= 4 is 41.3 Å². The van der Waals surface area contributed by atoms with E-state index in [1.54, 1.807) is 6.26 Å². The van der Waals surface area contributed by atoms with Gasteiger partial charge in [0.15, 0.2) is 5.96 Å². The highest BCUT2D eigenvalue weighted by Crippen LogP contribution is 2.26. The molecule has 166 valence electrons. The van der Waals surface area contributed by atoms with Gasteiger partial charge in [0, 0.05) is 37.4 Å². The zero-order chi connectivity index (χ0) is 19.7. The molecule has 0 bridgehead atoms. The summed E-state index contributed by atoms with van der Waals surface area (Å²) in [7, 11) is 0. The number of aromatic nitrogens is 1. The molecule has 1 unspecified atom stereocenters. The highest BCUT2D eigenvalue weighted by atomic mass is 127. The number of fused-ring (bicyclic) bond motifs is 1. The van der Waals surface area contributed by atoms with Crippen LogP contribution in [0.15, 0.2) is 27.8 Å². The summed E-state index contributed by atoms with van der Waals surface area (Å²) in [5.74, 6) is 1.84. The molecule has 1 aliphatic carbocycles. The smallest absolute Gasteiger partial charge is 0.191 e. The van der Waals surface area contributed by atoms with Gasteiger partial charge in [-0.1, -0.05) is 0 Å². The molecule has 2 aromatic rings. The maximum absolute atomic E-state index is 5.83. The maximum Gasteiger partial charge on any atom is 0.191 e. The van der Waals surface area contributed by atoms with Crippen LogP contribution < -0.4 is 10.6 Å². The molecule has 1 fully saturated rings. The maximum atomic E-state index is 5.83. The number of hydrogen-bond acceptors (Lipinski definition) is 5. The molecule has 30 heavy (non-hydrogen) atoms. The van der Waals surface area contributed by atoms with E-state index >= 15 is 0 Å². The van der Waals surface area contributed by atoms with Gasteiger partial charge in [0.2, 0.25) is 0 Å². The molecule has 0 saturated carbocycles. The van der Waals surface area contributed by atoms with Gasteiger partial charge in [-0.15, -0.1) is 35.3 Å². The molecule has 6 nitrogen and oxygen atoms in total. The number of nitrogens with one attached hydrogen (secondary N) is 2. The highest BCUT2D eigenvalue weighted by Gasteiger charge is 2.15. The van der Waals surface area contributed by atoms with Gasteiger partial charge in [-0.05, 0) is 57.1 Å². The minimum atomic E-state index is 0. The largest absolute Gasteiger partial charge is 0.469 e. The summed E-state index contributed by atoms with van der Waals surface area (Å²) in [4.78, 5) is 11.1. The molecule has 4 rings (SSSR count). The Balaban J connectivity index is 0.00000256. The molecule has 0 aromatic carbocycles. The first kappa shape index (κ1) is 23.5. The third-order valence-electron chi connectivity index (χ3n) is 5.49. The predicted molar refractivity (Wildman–Crippen MR) is 132 cm³/mol. The molecule has 2 N–H and O–H groups in total. The van der Waals surface area contributed by atoms with Gasteiger partial charge in [0.25, 0.3) is 0 Å². The first-order chi connectivity index (χ1) is 14.4. The average Bonchev–Trinajstić information content (AvgIpc) is 3.41. The van der Waals surface area contributed by atoms with E-state index in [1.165, 1.54) is 47.7 Å². The zero-order valence-electron chi connectivity index (χ0n) is 17.5. The van der Waals surface area contributed by atoms with Gasteiger partial charge >= 0.3 is 0 Å². The van der Waals surface area contributed by atoms with E-state index in [2.05, 4.69) is 10.6 Å². The number of thiazole rings is 1. The number of aliphatic imine (C=N–C) groups is 1. The normalized spacial score (nSPS) is 19.1. The van der Waals surface area contributed by atoms with Gasteiger partial charge in [0.05, 0.1) is 29.6 Å². The van der Waals surface area contributed by atoms with E-state index in [4.69, 9.17) is 19.1 Å². The van der Waals surface area contributed by atoms with Crippen LogP contribution in [0.3, 0.4) is 0 Å². The molecule has 0 radical (unpaired) electrons. The highest BCUT2D eigenvalue weighted by molar-refractivity contribution is 14.0. The van der Waals surface area contributed by atoms with Crippen molar-refractivity contribution in [3.8, 4) is 0 Å². The van der Waals surface area contributed by atoms with Crippen molar-refractivity contribution in [3.63, 3.8) is 0 Å². The predicted octanol–water partition coefficient (Wildman–Crippen LogP) is 4.12. The monoisotopic (exact) mass is 544 g/mol. The van der Waals surface area contributed by atoms with E-state index in [-0.39, 0.29) is 30.1 Å². The molecule has 3 heterocycles. The van der Waals surface area contributed by atoms with Gasteiger partial charge in [-0.2, -0.15) is 0 Å². The van der Waals surface area contributed by atoms with Gasteiger partial charge in [-0.25, -0.2) is 4.98 Å². The van der Waals surface area contributed by atoms with Crippen molar-refractivity contribution in [3.05, 3.63) is 39.7 Å². The fourth-order valence-electron chi connectivity index (χ4n) is 3.88. The molecule has 1 saturated heterocycles. The average molecular weight is 545 g/mol. The summed E-state index contributed by atoms with van der Waals surface area (Å²) in [5, 5.41) is 8.17. The van der Waals surface area contributed by atoms with Crippen molar-refractivity contribution in [1.29, 1.82) is 0 Å². The van der Waals surface area contributed by atoms with Crippen LogP contribution >= 0.6 is 35.3 Å². The second kappa shape index (κ2) is 12.7. The van der Waals surface area contributed by atoms with E-state index in [0.717, 1.165) is 57.1 Å². The van der Waals surface area contributed by atoms with E-state index in [9.17, 15) is 0 Å². The molecular formula is C22H33IN4O2S. The third-order valence-corrected chi connectivity index (χ3v) is 6.71. The molecular weight excluding hydrogens is 511 g/mol. The van der Waals surface area contributed by atoms with Crippen LogP contribution in [0.5, 0.6) is 0 Å². The number of ether oxygens (including phenoxy) is 1. The SMILES string of the molecule is I.c1coc(CCNC(=NCC2CCCCO2)NCCc2nc3c(s2)CCCC3)c1. The second-order valence-corrected chi connectivity index (χ2v) is 8.96. The summed E-state index contributed by atoms with van der Waals surface area (Å²) in [6.07, 6.45) is 12.2. The summed E-state index contributed by atoms with van der Waals surface area (Å²) in [6.45, 7) is 3.20. The van der Waals surface area contributed by atoms with Crippen LogP contribution in [0.25, 0.3) is 0 Å². The van der Waals surface area contributed by atoms with Crippen LogP contribution in [-0.2, 0) is 30.4 Å². The lowest BCUT2D eigenvalue weighted by atomic mass is 10.0. The number of furan rings is 1. The summed E-state index contributed by atoms with van der Waals surface area (Å²) >= 11 is 1.90. The molecule has 0 spiro atoms. The summed E-state index contributed by atoms with van der Waals surface area (Å²) < 4.78 is 11.2. The molecule has 0 amide bonds. The standard InChI is InChI=1S/C22H32N4O2S.HI/c1-2-9-20-19(8-1)26-21(29-20)11-13-24-22(23-12-10-17-7-5-15-27-17)25-16-18-6-3-4-14-28-18;/h5,7,15,18H,1-4,6,8-14,16H2,(H2,23,24,25);1H. The lowest BCUT2D eigenvalue weighted by Crippen LogP contribution is -2.40. The summed E-state index contributed by atoms with van der Waals surface area (Å²) in [5.41, 5.74) is 1.34. The Morgan fingerprint density at radius 2 is 2.00 bits per heavy atom. The number of aryl methyl sites for hydroxylation is 2. The Kier molecular flexibility index (Phi) is 9.93. The topological polar surface area (TPSA) is 71.7 Å². The van der Waals surface area contributed by atoms with E-state index < -0.39 is 0 Å². The molecule has 1 atom stereocenters. The molecule has 8 heteroatoms. The zero-order valence-corrected chi connectivity index (χ0v) is 20.7. The molecule has 2 aliphatic rings. The number of hydrogen-bond donors (Lipinski definition) is 2. The first-order valence-corrected chi connectivity index (χ1v) is 11.8. The molecule has 2 aromatic heterocycles. The Bertz CT molecular complexity index is 749. The van der Waals surface area contributed by atoms with Crippen LogP contribution in [0.2, 0.25) is 0 Å². The number of nitrogens with zero attached hydrogens (tertiary/aromatic N) is 2. The first-order valence-electron chi connectivity index (χ1n) is 11.0. The Labute approximate surface area is 200 Å². The third kappa shape index (κ3) is 7.23. The summed E-state index contributed by atoms with van der Waals surface area (Å²) in [6, 6.07) is 3.93. The fraction of sp³-hybridized carbons (Fsp3) is 0.636. The Morgan fingerprint density at radius 1 is 1.13 bits per heavy atom. The van der Waals surface area contributed by atoms with Gasteiger partial charge < -0.3 is 19.8 Å². The lowest BCUT2D eigenvalue weighted by Gasteiger charge is -2.21. The fourth-order valence-corrected chi connectivity index (χ4v) is 5.03. The minimum absolute atomic E-state index is 0. The van der Waals surface area contributed by atoms with Gasteiger partial charge in [-0.3, -0.25) is 4.99 Å². The van der Waals surface area contributed by atoms with Gasteiger partial charge in [0.1, 0.15) is 5.76 Å². The number of halogens is 1. The van der Waals surface area contributed by atoms with Crippen LogP contribution in [0.4, 0.5) is 0 Å². The van der Waals surface area contributed by atoms with Crippen molar-refractivity contribution in [1.82, 2.24) is 15.6 Å². The Morgan fingerprint density at radius 3 is 2.77 bits per heavy atom. The van der Waals surface area contributed by atoms with Crippen molar-refractivity contribution in [2.75, 3.05) is 26.2 Å². The van der Waals surface area contributed by atoms with Crippen LogP contribution in [-0.4, -0.2) is 43.3 Å². The number of rotatable bonds is 8. The lowest BCUT2D eigenvalue weighted by molar-refractivity contribution is 0.0224. The van der Waals surface area contributed by atoms with Crippen molar-refractivity contribution in [2.45, 2.75) is 63.9 Å². The van der Waals surface area contributed by atoms with Crippen LogP contribution in [0.1, 0.15) is 53.4 Å². The quantitative estimate of drug-likeness (QED) is 0.297. The van der Waals surface area contributed by atoms with E-state index in [0.29, 0.717) is 6.54 Å².